The standard InChI is InChI=1S/C17H29N3O/c1-3-4-7-19-13-16-6-5-15(12-17(16)21-2)14-20-10-8-18-9-11-20/h5-6,12,18-19H,3-4,7-11,13-14H2,1-2H3. The first-order valence-corrected chi connectivity index (χ1v) is 8.13. The first-order valence-electron chi connectivity index (χ1n) is 8.13. The Hall–Kier alpha value is -1.10. The molecule has 21 heavy (non-hydrogen) atoms. The van der Waals surface area contributed by atoms with Crippen molar-refractivity contribution in [1.82, 2.24) is 15.5 Å². The molecule has 0 amide bonds. The van der Waals surface area contributed by atoms with Crippen LogP contribution in [-0.4, -0.2) is 44.7 Å². The number of hydrogen-bond donors (Lipinski definition) is 2. The van der Waals surface area contributed by atoms with Gasteiger partial charge in [0.15, 0.2) is 0 Å². The number of nitrogens with one attached hydrogen (secondary N) is 2. The molecule has 1 saturated heterocycles. The first kappa shape index (κ1) is 16.3. The van der Waals surface area contributed by atoms with Crippen molar-refractivity contribution in [3.63, 3.8) is 0 Å². The molecule has 0 saturated carbocycles. The van der Waals surface area contributed by atoms with Crippen LogP contribution < -0.4 is 15.4 Å². The topological polar surface area (TPSA) is 36.5 Å². The molecule has 4 nitrogen and oxygen atoms in total. The number of rotatable bonds is 8. The highest BCUT2D eigenvalue weighted by atomic mass is 16.5. The summed E-state index contributed by atoms with van der Waals surface area (Å²) in [7, 11) is 1.76. The van der Waals surface area contributed by atoms with Crippen LogP contribution >= 0.6 is 0 Å². The number of nitrogens with zero attached hydrogens (tertiary/aromatic N) is 1. The molecule has 0 atom stereocenters. The molecule has 1 aliphatic heterocycles. The third kappa shape index (κ3) is 5.30. The second-order valence-corrected chi connectivity index (χ2v) is 5.70. The highest BCUT2D eigenvalue weighted by Crippen LogP contribution is 2.21. The predicted molar refractivity (Wildman–Crippen MR) is 87.8 cm³/mol. The molecule has 4 heteroatoms. The van der Waals surface area contributed by atoms with Crippen molar-refractivity contribution in [3.8, 4) is 5.75 Å². The number of piperazine rings is 1. The predicted octanol–water partition coefficient (Wildman–Crippen LogP) is 1.99. The molecule has 0 bridgehead atoms. The third-order valence-electron chi connectivity index (χ3n) is 3.99. The van der Waals surface area contributed by atoms with Gasteiger partial charge in [0.05, 0.1) is 7.11 Å². The Kier molecular flexibility index (Phi) is 7.00. The minimum atomic E-state index is 0.886. The Morgan fingerprint density at radius 3 is 2.81 bits per heavy atom. The van der Waals surface area contributed by atoms with Gasteiger partial charge in [0.25, 0.3) is 0 Å². The Labute approximate surface area is 128 Å². The van der Waals surface area contributed by atoms with Gasteiger partial charge in [0, 0.05) is 44.8 Å². The van der Waals surface area contributed by atoms with E-state index in [2.05, 4.69) is 40.7 Å². The average molecular weight is 291 g/mol. The van der Waals surface area contributed by atoms with E-state index < -0.39 is 0 Å². The van der Waals surface area contributed by atoms with E-state index in [4.69, 9.17) is 4.74 Å². The first-order chi connectivity index (χ1) is 10.3. The van der Waals surface area contributed by atoms with Gasteiger partial charge in [-0.2, -0.15) is 0 Å². The Morgan fingerprint density at radius 1 is 1.29 bits per heavy atom. The zero-order valence-corrected chi connectivity index (χ0v) is 13.5. The minimum Gasteiger partial charge on any atom is -0.496 e. The number of hydrogen-bond acceptors (Lipinski definition) is 4. The van der Waals surface area contributed by atoms with Crippen molar-refractivity contribution < 1.29 is 4.74 Å². The molecule has 2 N–H and O–H groups in total. The van der Waals surface area contributed by atoms with Crippen LogP contribution in [0.1, 0.15) is 30.9 Å². The van der Waals surface area contributed by atoms with Crippen molar-refractivity contribution >= 4 is 0 Å². The summed E-state index contributed by atoms with van der Waals surface area (Å²) in [6.07, 6.45) is 2.46. The van der Waals surface area contributed by atoms with Gasteiger partial charge >= 0.3 is 0 Å². The van der Waals surface area contributed by atoms with Crippen LogP contribution in [0.25, 0.3) is 0 Å². The van der Waals surface area contributed by atoms with Gasteiger partial charge in [-0.05, 0) is 24.6 Å². The second-order valence-electron chi connectivity index (χ2n) is 5.70. The lowest BCUT2D eigenvalue weighted by Gasteiger charge is -2.27. The van der Waals surface area contributed by atoms with E-state index in [9.17, 15) is 0 Å². The van der Waals surface area contributed by atoms with Crippen molar-refractivity contribution in [1.29, 1.82) is 0 Å². The molecule has 1 aromatic carbocycles. The molecule has 0 radical (unpaired) electrons. The molecule has 1 heterocycles. The van der Waals surface area contributed by atoms with E-state index in [-0.39, 0.29) is 0 Å². The minimum absolute atomic E-state index is 0.886. The SMILES string of the molecule is CCCCNCc1ccc(CN2CCNCC2)cc1OC. The lowest BCUT2D eigenvalue weighted by molar-refractivity contribution is 0.233. The van der Waals surface area contributed by atoms with Crippen molar-refractivity contribution in [3.05, 3.63) is 29.3 Å². The summed E-state index contributed by atoms with van der Waals surface area (Å²) in [5.41, 5.74) is 2.59. The molecule has 0 spiro atoms. The number of unbranched alkanes of at least 4 members (excludes halogenated alkanes) is 1. The molecule has 0 aliphatic carbocycles. The fourth-order valence-corrected chi connectivity index (χ4v) is 2.69. The van der Waals surface area contributed by atoms with Crippen molar-refractivity contribution in [2.45, 2.75) is 32.9 Å². The smallest absolute Gasteiger partial charge is 0.123 e. The van der Waals surface area contributed by atoms with Crippen LogP contribution in [0.5, 0.6) is 5.75 Å². The van der Waals surface area contributed by atoms with E-state index >= 15 is 0 Å². The summed E-state index contributed by atoms with van der Waals surface area (Å²) < 4.78 is 5.56. The summed E-state index contributed by atoms with van der Waals surface area (Å²) in [6, 6.07) is 6.63. The fraction of sp³-hybridized carbons (Fsp3) is 0.647. The highest BCUT2D eigenvalue weighted by Gasteiger charge is 2.11. The largest absolute Gasteiger partial charge is 0.496 e. The molecule has 118 valence electrons. The van der Waals surface area contributed by atoms with Gasteiger partial charge < -0.3 is 15.4 Å². The van der Waals surface area contributed by atoms with Crippen LogP contribution in [0.15, 0.2) is 18.2 Å². The van der Waals surface area contributed by atoms with Crippen LogP contribution in [0.2, 0.25) is 0 Å². The summed E-state index contributed by atoms with van der Waals surface area (Å²) in [6.45, 7) is 9.63. The number of benzene rings is 1. The Balaban J connectivity index is 1.91. The summed E-state index contributed by atoms with van der Waals surface area (Å²) in [4.78, 5) is 2.49. The van der Waals surface area contributed by atoms with Gasteiger partial charge in [0.2, 0.25) is 0 Å². The van der Waals surface area contributed by atoms with E-state index in [1.165, 1.54) is 24.0 Å². The summed E-state index contributed by atoms with van der Waals surface area (Å²) in [5, 5.41) is 6.87. The maximum atomic E-state index is 5.56. The number of ether oxygens (including phenoxy) is 1. The van der Waals surface area contributed by atoms with E-state index in [1.54, 1.807) is 7.11 Å². The fourth-order valence-electron chi connectivity index (χ4n) is 2.69. The monoisotopic (exact) mass is 291 g/mol. The van der Waals surface area contributed by atoms with E-state index in [0.717, 1.165) is 51.6 Å². The molecule has 1 aromatic rings. The van der Waals surface area contributed by atoms with Gasteiger partial charge in [-0.1, -0.05) is 25.5 Å². The summed E-state index contributed by atoms with van der Waals surface area (Å²) in [5.74, 6) is 1.01. The Morgan fingerprint density at radius 2 is 2.10 bits per heavy atom. The van der Waals surface area contributed by atoms with Crippen molar-refractivity contribution in [2.24, 2.45) is 0 Å². The molecule has 1 fully saturated rings. The lowest BCUT2D eigenvalue weighted by atomic mass is 10.1. The van der Waals surface area contributed by atoms with E-state index in [1.807, 2.05) is 0 Å². The maximum Gasteiger partial charge on any atom is 0.123 e. The normalized spacial score (nSPS) is 16.1. The van der Waals surface area contributed by atoms with Gasteiger partial charge in [-0.15, -0.1) is 0 Å². The quantitative estimate of drug-likeness (QED) is 0.718. The zero-order chi connectivity index (χ0) is 14.9. The van der Waals surface area contributed by atoms with Gasteiger partial charge in [-0.25, -0.2) is 0 Å². The Bertz CT molecular complexity index is 416. The van der Waals surface area contributed by atoms with E-state index in [0.29, 0.717) is 0 Å². The van der Waals surface area contributed by atoms with Gasteiger partial charge in [0.1, 0.15) is 5.75 Å². The van der Waals surface area contributed by atoms with Gasteiger partial charge in [-0.3, -0.25) is 4.90 Å². The highest BCUT2D eigenvalue weighted by molar-refractivity contribution is 5.37. The third-order valence-corrected chi connectivity index (χ3v) is 3.99. The molecule has 1 aliphatic rings. The van der Waals surface area contributed by atoms with Crippen LogP contribution in [-0.2, 0) is 13.1 Å². The average Bonchev–Trinajstić information content (AvgIpc) is 2.53. The zero-order valence-electron chi connectivity index (χ0n) is 13.5. The second kappa shape index (κ2) is 9.03. The maximum absolute atomic E-state index is 5.56. The summed E-state index contributed by atoms with van der Waals surface area (Å²) >= 11 is 0. The van der Waals surface area contributed by atoms with Crippen LogP contribution in [0.3, 0.4) is 0 Å². The van der Waals surface area contributed by atoms with Crippen molar-refractivity contribution in [2.75, 3.05) is 39.8 Å². The molecular formula is C17H29N3O. The lowest BCUT2D eigenvalue weighted by Crippen LogP contribution is -2.42. The molecule has 0 unspecified atom stereocenters. The molecule has 0 aromatic heterocycles. The number of methoxy groups -OCH3 is 1. The molecular weight excluding hydrogens is 262 g/mol. The molecule has 2 rings (SSSR count). The van der Waals surface area contributed by atoms with Crippen LogP contribution in [0.4, 0.5) is 0 Å². The van der Waals surface area contributed by atoms with Crippen LogP contribution in [0, 0.1) is 0 Å².